The Balaban J connectivity index is 0. The molecule has 0 atom stereocenters. The zero-order chi connectivity index (χ0) is 14.9. The van der Waals surface area contributed by atoms with Crippen LogP contribution in [-0.4, -0.2) is 11.1 Å². The molecule has 0 aliphatic heterocycles. The van der Waals surface area contributed by atoms with Crippen molar-refractivity contribution in [2.24, 2.45) is 0 Å². The van der Waals surface area contributed by atoms with Crippen molar-refractivity contribution < 1.29 is 32.3 Å². The topological polar surface area (TPSA) is 37.3 Å². The second-order valence-electron chi connectivity index (χ2n) is 5.73. The summed E-state index contributed by atoms with van der Waals surface area (Å²) in [7, 11) is 0. The Hall–Kier alpha value is -0.0497. The Bertz CT molecular complexity index is 239. The van der Waals surface area contributed by atoms with Crippen LogP contribution in [0.5, 0.6) is 0 Å². The predicted octanol–water partition coefficient (Wildman–Crippen LogP) is 6.11. The molecule has 0 fully saturated rings. The predicted molar refractivity (Wildman–Crippen MR) is 87.1 cm³/mol. The average Bonchev–Trinajstić information content (AvgIpc) is 2.43. The van der Waals surface area contributed by atoms with E-state index in [1.807, 2.05) is 0 Å². The Morgan fingerprint density at radius 2 is 1.19 bits per heavy atom. The van der Waals surface area contributed by atoms with E-state index in [9.17, 15) is 4.79 Å². The maximum Gasteiger partial charge on any atom is 0.303 e. The van der Waals surface area contributed by atoms with E-state index in [4.69, 9.17) is 5.11 Å². The van der Waals surface area contributed by atoms with Crippen molar-refractivity contribution in [3.8, 4) is 0 Å². The fraction of sp³-hybridized carbons (Fsp3) is 0.833. The molecule has 0 aromatic carbocycles. The molecule has 0 aliphatic rings. The molecule has 0 spiro atoms. The van der Waals surface area contributed by atoms with Gasteiger partial charge in [0.1, 0.15) is 0 Å². The van der Waals surface area contributed by atoms with Crippen molar-refractivity contribution >= 4 is 5.97 Å². The first-order valence-electron chi connectivity index (χ1n) is 8.64. The standard InChI is InChI=1S/C18H34O2.Ag/c1-2-3-4-5-6-7-8-9-10-11-12-13-14-15-16-17-18(19)20;/h12-13H,2-11,14-17H2,1H3,(H,19,20);/b13-12-;. The van der Waals surface area contributed by atoms with E-state index in [-0.39, 0.29) is 22.4 Å². The second kappa shape index (κ2) is 20.0. The third kappa shape index (κ3) is 22.4. The molecule has 0 saturated carbocycles. The molecule has 0 aromatic heterocycles. The minimum absolute atomic E-state index is 0. The third-order valence-electron chi connectivity index (χ3n) is 3.65. The fourth-order valence-electron chi connectivity index (χ4n) is 2.35. The van der Waals surface area contributed by atoms with Gasteiger partial charge in [-0.1, -0.05) is 70.4 Å². The van der Waals surface area contributed by atoms with Gasteiger partial charge >= 0.3 is 5.97 Å². The van der Waals surface area contributed by atoms with Crippen molar-refractivity contribution in [3.05, 3.63) is 12.2 Å². The average molecular weight is 390 g/mol. The molecule has 3 heteroatoms. The Morgan fingerprint density at radius 1 is 0.762 bits per heavy atom. The number of unbranched alkanes of at least 4 members (excludes halogenated alkanes) is 11. The largest absolute Gasteiger partial charge is 0.481 e. The van der Waals surface area contributed by atoms with Crippen LogP contribution in [0.15, 0.2) is 12.2 Å². The van der Waals surface area contributed by atoms with E-state index in [1.165, 1.54) is 64.2 Å². The van der Waals surface area contributed by atoms with Gasteiger partial charge in [-0.2, -0.15) is 0 Å². The van der Waals surface area contributed by atoms with Crippen LogP contribution >= 0.6 is 0 Å². The SMILES string of the molecule is CCCCCCCCCCC/C=C\CCCCC(=O)O.[Ag]. The summed E-state index contributed by atoms with van der Waals surface area (Å²) in [5.74, 6) is -0.677. The molecule has 2 nitrogen and oxygen atoms in total. The van der Waals surface area contributed by atoms with Crippen LogP contribution in [0.1, 0.15) is 96.8 Å². The van der Waals surface area contributed by atoms with Crippen LogP contribution in [0.2, 0.25) is 0 Å². The van der Waals surface area contributed by atoms with Gasteiger partial charge in [-0.15, -0.1) is 0 Å². The number of aliphatic carboxylic acids is 1. The molecule has 0 aliphatic carbocycles. The van der Waals surface area contributed by atoms with Gasteiger partial charge in [-0.3, -0.25) is 4.79 Å². The van der Waals surface area contributed by atoms with Crippen LogP contribution in [-0.2, 0) is 27.2 Å². The summed E-state index contributed by atoms with van der Waals surface area (Å²) >= 11 is 0. The number of carboxylic acids is 1. The Morgan fingerprint density at radius 3 is 1.67 bits per heavy atom. The molecular formula is C18H34AgO2. The number of hydrogen-bond donors (Lipinski definition) is 1. The molecule has 0 rings (SSSR count). The van der Waals surface area contributed by atoms with Crippen molar-refractivity contribution in [3.63, 3.8) is 0 Å². The van der Waals surface area contributed by atoms with E-state index in [2.05, 4.69) is 19.1 Å². The van der Waals surface area contributed by atoms with Crippen molar-refractivity contribution in [1.82, 2.24) is 0 Å². The van der Waals surface area contributed by atoms with E-state index in [0.29, 0.717) is 6.42 Å². The smallest absolute Gasteiger partial charge is 0.303 e. The van der Waals surface area contributed by atoms with Gasteiger partial charge < -0.3 is 5.11 Å². The summed E-state index contributed by atoms with van der Waals surface area (Å²) in [6.07, 6.45) is 21.3. The number of rotatable bonds is 15. The van der Waals surface area contributed by atoms with Crippen molar-refractivity contribution in [2.75, 3.05) is 0 Å². The third-order valence-corrected chi connectivity index (χ3v) is 3.65. The first kappa shape index (κ1) is 23.2. The van der Waals surface area contributed by atoms with Gasteiger partial charge in [0.15, 0.2) is 0 Å². The quantitative estimate of drug-likeness (QED) is 0.208. The summed E-state index contributed by atoms with van der Waals surface area (Å²) < 4.78 is 0. The van der Waals surface area contributed by atoms with Crippen LogP contribution in [0.25, 0.3) is 0 Å². The molecule has 0 amide bonds. The molecule has 21 heavy (non-hydrogen) atoms. The normalized spacial score (nSPS) is 10.7. The molecule has 129 valence electrons. The van der Waals surface area contributed by atoms with E-state index >= 15 is 0 Å². The summed E-state index contributed by atoms with van der Waals surface area (Å²) in [5.41, 5.74) is 0. The number of carboxylic acid groups (broad SMARTS) is 1. The molecule has 0 heterocycles. The Kier molecular flexibility index (Phi) is 22.1. The minimum Gasteiger partial charge on any atom is -0.481 e. The first-order chi connectivity index (χ1) is 9.77. The van der Waals surface area contributed by atoms with Gasteiger partial charge in [0.25, 0.3) is 0 Å². The Labute approximate surface area is 147 Å². The molecule has 1 radical (unpaired) electrons. The van der Waals surface area contributed by atoms with Gasteiger partial charge in [0.2, 0.25) is 0 Å². The number of carbonyl (C=O) groups is 1. The van der Waals surface area contributed by atoms with Gasteiger partial charge in [-0.25, -0.2) is 0 Å². The van der Waals surface area contributed by atoms with E-state index in [0.717, 1.165) is 19.3 Å². The van der Waals surface area contributed by atoms with Crippen LogP contribution < -0.4 is 0 Å². The van der Waals surface area contributed by atoms with Crippen LogP contribution in [0, 0.1) is 0 Å². The second-order valence-corrected chi connectivity index (χ2v) is 5.73. The fourth-order valence-corrected chi connectivity index (χ4v) is 2.35. The van der Waals surface area contributed by atoms with Gasteiger partial charge in [0, 0.05) is 28.8 Å². The van der Waals surface area contributed by atoms with Crippen LogP contribution in [0.3, 0.4) is 0 Å². The minimum atomic E-state index is -0.677. The van der Waals surface area contributed by atoms with Gasteiger partial charge in [0.05, 0.1) is 0 Å². The maximum absolute atomic E-state index is 10.3. The molecule has 0 aromatic rings. The number of allylic oxidation sites excluding steroid dienone is 2. The van der Waals surface area contributed by atoms with Gasteiger partial charge in [-0.05, 0) is 32.1 Å². The summed E-state index contributed by atoms with van der Waals surface area (Å²) in [6, 6.07) is 0. The summed E-state index contributed by atoms with van der Waals surface area (Å²) in [5, 5.41) is 8.50. The summed E-state index contributed by atoms with van der Waals surface area (Å²) in [6.45, 7) is 2.26. The molecular weight excluding hydrogens is 356 g/mol. The van der Waals surface area contributed by atoms with Crippen molar-refractivity contribution in [1.29, 1.82) is 0 Å². The van der Waals surface area contributed by atoms with E-state index in [1.54, 1.807) is 0 Å². The zero-order valence-electron chi connectivity index (χ0n) is 13.7. The monoisotopic (exact) mass is 389 g/mol. The maximum atomic E-state index is 10.3. The van der Waals surface area contributed by atoms with E-state index < -0.39 is 5.97 Å². The van der Waals surface area contributed by atoms with Crippen LogP contribution in [0.4, 0.5) is 0 Å². The molecule has 1 N–H and O–H groups in total. The van der Waals surface area contributed by atoms with Crippen molar-refractivity contribution in [2.45, 2.75) is 96.8 Å². The molecule has 0 saturated heterocycles. The first-order valence-corrected chi connectivity index (χ1v) is 8.64. The summed E-state index contributed by atoms with van der Waals surface area (Å²) in [4.78, 5) is 10.3. The molecule has 0 bridgehead atoms. The molecule has 0 unspecified atom stereocenters. The number of hydrogen-bond acceptors (Lipinski definition) is 1. The zero-order valence-corrected chi connectivity index (χ0v) is 15.2.